The third kappa shape index (κ3) is 3.48. The summed E-state index contributed by atoms with van der Waals surface area (Å²) in [6.45, 7) is 3.78. The Morgan fingerprint density at radius 3 is 2.63 bits per heavy atom. The predicted molar refractivity (Wildman–Crippen MR) is 77.3 cm³/mol. The number of methoxy groups -OCH3 is 1. The smallest absolute Gasteiger partial charge is 0.0615 e. The first-order chi connectivity index (χ1) is 9.24. The Hall–Kier alpha value is -0.160. The average Bonchev–Trinajstić information content (AvgIpc) is 2.89. The first-order valence-corrected chi connectivity index (χ1v) is 7.79. The quantitative estimate of drug-likeness (QED) is 0.762. The number of aliphatic hydroxyl groups excluding tert-OH is 1. The number of ether oxygens (including phenoxy) is 1. The number of nitrogens with one attached hydrogen (secondary N) is 1. The zero-order valence-electron chi connectivity index (χ0n) is 12.5. The van der Waals surface area contributed by atoms with Crippen LogP contribution in [0.15, 0.2) is 0 Å². The van der Waals surface area contributed by atoms with Gasteiger partial charge in [0.1, 0.15) is 0 Å². The molecule has 2 atom stereocenters. The summed E-state index contributed by atoms with van der Waals surface area (Å²) < 4.78 is 5.42. The number of hydrogen-bond donors (Lipinski definition) is 2. The van der Waals surface area contributed by atoms with E-state index in [9.17, 15) is 5.11 Å². The summed E-state index contributed by atoms with van der Waals surface area (Å²) in [7, 11) is 3.82. The van der Waals surface area contributed by atoms with Crippen molar-refractivity contribution in [2.75, 3.05) is 40.4 Å². The molecular formula is C15H30N2O2. The van der Waals surface area contributed by atoms with E-state index in [1.54, 1.807) is 0 Å². The van der Waals surface area contributed by atoms with Crippen molar-refractivity contribution >= 4 is 0 Å². The van der Waals surface area contributed by atoms with Gasteiger partial charge in [-0.3, -0.25) is 0 Å². The first kappa shape index (κ1) is 15.2. The molecule has 1 saturated carbocycles. The van der Waals surface area contributed by atoms with Crippen molar-refractivity contribution < 1.29 is 9.84 Å². The van der Waals surface area contributed by atoms with Gasteiger partial charge < -0.3 is 20.1 Å². The molecule has 1 saturated heterocycles. The Balaban J connectivity index is 1.76. The van der Waals surface area contributed by atoms with E-state index in [1.807, 2.05) is 14.2 Å². The SMILES string of the molecule is CNC1(CO)CCCC1CCN1CCC(OC)CC1. The van der Waals surface area contributed by atoms with E-state index in [4.69, 9.17) is 4.74 Å². The average molecular weight is 270 g/mol. The van der Waals surface area contributed by atoms with E-state index in [0.29, 0.717) is 12.0 Å². The van der Waals surface area contributed by atoms with Crippen LogP contribution in [0.3, 0.4) is 0 Å². The van der Waals surface area contributed by atoms with Crippen molar-refractivity contribution in [2.24, 2.45) is 5.92 Å². The lowest BCUT2D eigenvalue weighted by Gasteiger charge is -2.36. The van der Waals surface area contributed by atoms with E-state index >= 15 is 0 Å². The molecule has 2 aliphatic rings. The van der Waals surface area contributed by atoms with Crippen LogP contribution in [0.4, 0.5) is 0 Å². The van der Waals surface area contributed by atoms with Crippen molar-refractivity contribution in [1.29, 1.82) is 0 Å². The van der Waals surface area contributed by atoms with E-state index < -0.39 is 0 Å². The normalized spacial score (nSPS) is 33.9. The molecule has 1 aliphatic carbocycles. The number of hydrogen-bond acceptors (Lipinski definition) is 4. The molecule has 0 spiro atoms. The third-order valence-electron chi connectivity index (χ3n) is 5.40. The Morgan fingerprint density at radius 1 is 1.32 bits per heavy atom. The molecule has 0 aromatic rings. The fourth-order valence-corrected chi connectivity index (χ4v) is 3.89. The lowest BCUT2D eigenvalue weighted by Crippen LogP contribution is -2.50. The van der Waals surface area contributed by atoms with Crippen molar-refractivity contribution in [2.45, 2.75) is 50.2 Å². The van der Waals surface area contributed by atoms with Gasteiger partial charge in [-0.1, -0.05) is 6.42 Å². The largest absolute Gasteiger partial charge is 0.394 e. The summed E-state index contributed by atoms with van der Waals surface area (Å²) in [5.41, 5.74) is -0.00908. The highest BCUT2D eigenvalue weighted by atomic mass is 16.5. The lowest BCUT2D eigenvalue weighted by atomic mass is 9.85. The summed E-state index contributed by atoms with van der Waals surface area (Å²) in [6, 6.07) is 0. The zero-order chi connectivity index (χ0) is 13.7. The molecular weight excluding hydrogens is 240 g/mol. The van der Waals surface area contributed by atoms with Crippen LogP contribution in [0.25, 0.3) is 0 Å². The van der Waals surface area contributed by atoms with Gasteiger partial charge in [0.25, 0.3) is 0 Å². The number of aliphatic hydroxyl groups is 1. The molecule has 0 amide bonds. The van der Waals surface area contributed by atoms with Gasteiger partial charge in [-0.05, 0) is 51.6 Å². The van der Waals surface area contributed by atoms with E-state index in [2.05, 4.69) is 10.2 Å². The Bertz CT molecular complexity index is 261. The fourth-order valence-electron chi connectivity index (χ4n) is 3.89. The summed E-state index contributed by atoms with van der Waals surface area (Å²) in [4.78, 5) is 2.56. The van der Waals surface area contributed by atoms with Gasteiger partial charge in [0.15, 0.2) is 0 Å². The standard InChI is InChI=1S/C15H30N2O2/c1-16-15(12-18)8-3-4-13(15)5-9-17-10-6-14(19-2)7-11-17/h13-14,16,18H,3-12H2,1-2H3. The monoisotopic (exact) mass is 270 g/mol. The van der Waals surface area contributed by atoms with Crippen molar-refractivity contribution in [3.8, 4) is 0 Å². The lowest BCUT2D eigenvalue weighted by molar-refractivity contribution is 0.0370. The van der Waals surface area contributed by atoms with Gasteiger partial charge in [-0.2, -0.15) is 0 Å². The minimum absolute atomic E-state index is 0.00908. The third-order valence-corrected chi connectivity index (χ3v) is 5.40. The number of likely N-dealkylation sites (tertiary alicyclic amines) is 1. The molecule has 2 rings (SSSR count). The van der Waals surface area contributed by atoms with E-state index in [1.165, 1.54) is 38.6 Å². The molecule has 4 heteroatoms. The van der Waals surface area contributed by atoms with Crippen LogP contribution in [0.5, 0.6) is 0 Å². The molecule has 112 valence electrons. The van der Waals surface area contributed by atoms with E-state index in [-0.39, 0.29) is 12.1 Å². The van der Waals surface area contributed by atoms with Crippen LogP contribution < -0.4 is 5.32 Å². The summed E-state index contributed by atoms with van der Waals surface area (Å²) in [5.74, 6) is 0.627. The number of piperidine rings is 1. The maximum atomic E-state index is 9.70. The van der Waals surface area contributed by atoms with Crippen LogP contribution in [0.2, 0.25) is 0 Å². The van der Waals surface area contributed by atoms with Gasteiger partial charge in [0.05, 0.1) is 12.7 Å². The van der Waals surface area contributed by atoms with Crippen LogP contribution in [-0.4, -0.2) is 62.0 Å². The maximum Gasteiger partial charge on any atom is 0.0615 e. The molecule has 0 aromatic heterocycles. The molecule has 1 heterocycles. The topological polar surface area (TPSA) is 44.7 Å². The highest BCUT2D eigenvalue weighted by Gasteiger charge is 2.40. The second kappa shape index (κ2) is 7.02. The molecule has 4 nitrogen and oxygen atoms in total. The Morgan fingerprint density at radius 2 is 2.05 bits per heavy atom. The van der Waals surface area contributed by atoms with Gasteiger partial charge in [-0.25, -0.2) is 0 Å². The maximum absolute atomic E-state index is 9.70. The highest BCUT2D eigenvalue weighted by Crippen LogP contribution is 2.37. The summed E-state index contributed by atoms with van der Waals surface area (Å²) >= 11 is 0. The van der Waals surface area contributed by atoms with Crippen molar-refractivity contribution in [3.05, 3.63) is 0 Å². The van der Waals surface area contributed by atoms with Crippen LogP contribution in [0.1, 0.15) is 38.5 Å². The predicted octanol–water partition coefficient (Wildman–Crippen LogP) is 1.24. The second-order valence-corrected chi connectivity index (χ2v) is 6.22. The Labute approximate surface area is 117 Å². The summed E-state index contributed by atoms with van der Waals surface area (Å²) in [6.07, 6.45) is 7.64. The fraction of sp³-hybridized carbons (Fsp3) is 1.00. The van der Waals surface area contributed by atoms with Gasteiger partial charge in [-0.15, -0.1) is 0 Å². The minimum atomic E-state index is -0.00908. The van der Waals surface area contributed by atoms with Crippen molar-refractivity contribution in [1.82, 2.24) is 10.2 Å². The molecule has 0 radical (unpaired) electrons. The zero-order valence-corrected chi connectivity index (χ0v) is 12.5. The van der Waals surface area contributed by atoms with E-state index in [0.717, 1.165) is 19.5 Å². The van der Waals surface area contributed by atoms with Crippen LogP contribution in [-0.2, 0) is 4.74 Å². The molecule has 1 aliphatic heterocycles. The van der Waals surface area contributed by atoms with Crippen LogP contribution in [0, 0.1) is 5.92 Å². The Kier molecular flexibility index (Phi) is 5.63. The number of likely N-dealkylation sites (N-methyl/N-ethyl adjacent to an activating group) is 1. The molecule has 2 unspecified atom stereocenters. The number of rotatable bonds is 6. The molecule has 0 bridgehead atoms. The second-order valence-electron chi connectivity index (χ2n) is 6.22. The van der Waals surface area contributed by atoms with Crippen molar-refractivity contribution in [3.63, 3.8) is 0 Å². The first-order valence-electron chi connectivity index (χ1n) is 7.79. The minimum Gasteiger partial charge on any atom is -0.394 e. The summed E-state index contributed by atoms with van der Waals surface area (Å²) in [5, 5.41) is 13.1. The van der Waals surface area contributed by atoms with Gasteiger partial charge in [0, 0.05) is 25.7 Å². The molecule has 19 heavy (non-hydrogen) atoms. The molecule has 2 N–H and O–H groups in total. The highest BCUT2D eigenvalue weighted by molar-refractivity contribution is 4.98. The number of nitrogens with zero attached hydrogens (tertiary/aromatic N) is 1. The van der Waals surface area contributed by atoms with Gasteiger partial charge >= 0.3 is 0 Å². The molecule has 2 fully saturated rings. The van der Waals surface area contributed by atoms with Crippen LogP contribution >= 0.6 is 0 Å². The van der Waals surface area contributed by atoms with Gasteiger partial charge in [0.2, 0.25) is 0 Å². The molecule has 0 aromatic carbocycles.